The van der Waals surface area contributed by atoms with Gasteiger partial charge in [-0.25, -0.2) is 9.79 Å². The van der Waals surface area contributed by atoms with Gasteiger partial charge >= 0.3 is 11.9 Å². The van der Waals surface area contributed by atoms with E-state index in [0.717, 1.165) is 0 Å². The molecule has 0 bridgehead atoms. The van der Waals surface area contributed by atoms with Crippen LogP contribution in [0.4, 0.5) is 0 Å². The number of para-hydroxylation sites is 1. The number of benzene rings is 1. The standard InChI is InChI=1S/C19H18N2O5/c1-4-9-26-14-8-6-5-7-12(14)16-15(18(22)23)11(2)21-13(10-20)17(16)19(24)25-3/h4-8,15-16H,1,9H2,2-3H3,(H,22,23). The van der Waals surface area contributed by atoms with Crippen LogP contribution in [-0.4, -0.2) is 36.5 Å². The van der Waals surface area contributed by atoms with E-state index in [1.54, 1.807) is 30.3 Å². The summed E-state index contributed by atoms with van der Waals surface area (Å²) in [5, 5.41) is 19.2. The molecular weight excluding hydrogens is 336 g/mol. The van der Waals surface area contributed by atoms with Gasteiger partial charge in [0.25, 0.3) is 0 Å². The van der Waals surface area contributed by atoms with Gasteiger partial charge in [-0.2, -0.15) is 5.26 Å². The molecule has 134 valence electrons. The van der Waals surface area contributed by atoms with E-state index in [1.807, 2.05) is 6.07 Å². The second kappa shape index (κ2) is 8.12. The molecule has 26 heavy (non-hydrogen) atoms. The van der Waals surface area contributed by atoms with E-state index >= 15 is 0 Å². The summed E-state index contributed by atoms with van der Waals surface area (Å²) in [7, 11) is 1.17. The van der Waals surface area contributed by atoms with Gasteiger partial charge in [0.15, 0.2) is 5.70 Å². The third-order valence-corrected chi connectivity index (χ3v) is 4.03. The molecule has 0 aliphatic carbocycles. The SMILES string of the molecule is C=CCOc1ccccc1C1C(C(=O)OC)=C(C#N)N=C(C)C1C(=O)O. The van der Waals surface area contributed by atoms with E-state index in [4.69, 9.17) is 9.47 Å². The number of methoxy groups -OCH3 is 1. The number of esters is 1. The highest BCUT2D eigenvalue weighted by molar-refractivity contribution is 6.07. The molecule has 0 amide bonds. The minimum absolute atomic E-state index is 0.0948. The van der Waals surface area contributed by atoms with Gasteiger partial charge in [-0.1, -0.05) is 30.9 Å². The molecule has 1 aromatic carbocycles. The van der Waals surface area contributed by atoms with Crippen LogP contribution in [0.3, 0.4) is 0 Å². The van der Waals surface area contributed by atoms with E-state index in [1.165, 1.54) is 14.0 Å². The Kier molecular flexibility index (Phi) is 5.91. The number of aliphatic imine (C=N–C) groups is 1. The molecule has 1 aliphatic rings. The van der Waals surface area contributed by atoms with Crippen molar-refractivity contribution in [3.63, 3.8) is 0 Å². The molecule has 0 spiro atoms. The summed E-state index contributed by atoms with van der Waals surface area (Å²) in [5.74, 6) is -3.65. The molecule has 0 saturated carbocycles. The lowest BCUT2D eigenvalue weighted by molar-refractivity contribution is -0.140. The third kappa shape index (κ3) is 3.49. The number of ether oxygens (including phenoxy) is 2. The van der Waals surface area contributed by atoms with Crippen LogP contribution in [0.25, 0.3) is 0 Å². The Morgan fingerprint density at radius 2 is 2.12 bits per heavy atom. The normalized spacial score (nSPS) is 19.2. The number of nitrogens with zero attached hydrogens (tertiary/aromatic N) is 2. The maximum Gasteiger partial charge on any atom is 0.337 e. The topological polar surface area (TPSA) is 109 Å². The minimum atomic E-state index is -1.16. The van der Waals surface area contributed by atoms with Gasteiger partial charge in [-0.05, 0) is 13.0 Å². The molecule has 0 saturated heterocycles. The van der Waals surface area contributed by atoms with Crippen LogP contribution in [0, 0.1) is 17.2 Å². The molecule has 0 aromatic heterocycles. The van der Waals surface area contributed by atoms with Crippen molar-refractivity contribution in [3.05, 3.63) is 53.8 Å². The fourth-order valence-electron chi connectivity index (χ4n) is 2.95. The quantitative estimate of drug-likeness (QED) is 0.621. The first-order chi connectivity index (χ1) is 12.5. The summed E-state index contributed by atoms with van der Waals surface area (Å²) in [6.07, 6.45) is 1.55. The van der Waals surface area contributed by atoms with Gasteiger partial charge in [0.05, 0.1) is 12.7 Å². The molecule has 2 atom stereocenters. The van der Waals surface area contributed by atoms with E-state index in [9.17, 15) is 20.0 Å². The molecule has 1 aliphatic heterocycles. The number of carbonyl (C=O) groups excluding carboxylic acids is 1. The zero-order chi connectivity index (χ0) is 19.3. The third-order valence-electron chi connectivity index (χ3n) is 4.03. The number of allylic oxidation sites excluding steroid dienone is 1. The lowest BCUT2D eigenvalue weighted by Gasteiger charge is -2.30. The molecule has 7 nitrogen and oxygen atoms in total. The number of rotatable bonds is 6. The predicted molar refractivity (Wildman–Crippen MR) is 93.8 cm³/mol. The molecule has 2 unspecified atom stereocenters. The fraction of sp³-hybridized carbons (Fsp3) is 0.263. The number of aliphatic carboxylic acids is 1. The highest BCUT2D eigenvalue weighted by Crippen LogP contribution is 2.42. The van der Waals surface area contributed by atoms with Crippen molar-refractivity contribution in [1.29, 1.82) is 5.26 Å². The maximum absolute atomic E-state index is 12.4. The van der Waals surface area contributed by atoms with Gasteiger partial charge in [-0.3, -0.25) is 4.79 Å². The summed E-state index contributed by atoms with van der Waals surface area (Å²) in [6, 6.07) is 8.63. The van der Waals surface area contributed by atoms with Crippen molar-refractivity contribution in [1.82, 2.24) is 0 Å². The van der Waals surface area contributed by atoms with Crippen LogP contribution < -0.4 is 4.74 Å². The Morgan fingerprint density at radius 1 is 1.42 bits per heavy atom. The van der Waals surface area contributed by atoms with Gasteiger partial charge in [0.2, 0.25) is 0 Å². The number of carbonyl (C=O) groups is 2. The van der Waals surface area contributed by atoms with Crippen LogP contribution in [0.15, 0.2) is 53.2 Å². The molecule has 1 aromatic rings. The lowest BCUT2D eigenvalue weighted by atomic mass is 9.75. The van der Waals surface area contributed by atoms with Crippen molar-refractivity contribution in [2.45, 2.75) is 12.8 Å². The van der Waals surface area contributed by atoms with Gasteiger partial charge in [-0.15, -0.1) is 0 Å². The monoisotopic (exact) mass is 354 g/mol. The first-order valence-electron chi connectivity index (χ1n) is 7.79. The van der Waals surface area contributed by atoms with Crippen LogP contribution in [0.1, 0.15) is 18.4 Å². The summed E-state index contributed by atoms with van der Waals surface area (Å²) in [6.45, 7) is 5.31. The summed E-state index contributed by atoms with van der Waals surface area (Å²) in [4.78, 5) is 28.3. The van der Waals surface area contributed by atoms with Gasteiger partial charge in [0.1, 0.15) is 24.3 Å². The maximum atomic E-state index is 12.4. The number of carboxylic acid groups (broad SMARTS) is 1. The van der Waals surface area contributed by atoms with E-state index in [2.05, 4.69) is 11.6 Å². The van der Waals surface area contributed by atoms with Crippen molar-refractivity contribution < 1.29 is 24.2 Å². The molecule has 2 rings (SSSR count). The van der Waals surface area contributed by atoms with Gasteiger partial charge < -0.3 is 14.6 Å². The fourth-order valence-corrected chi connectivity index (χ4v) is 2.95. The molecule has 0 fully saturated rings. The summed E-state index contributed by atoms with van der Waals surface area (Å²) in [5.41, 5.74) is 0.437. The molecule has 1 N–H and O–H groups in total. The predicted octanol–water partition coefficient (Wildman–Crippen LogP) is 2.46. The Bertz CT molecular complexity index is 848. The van der Waals surface area contributed by atoms with Crippen molar-refractivity contribution in [3.8, 4) is 11.8 Å². The minimum Gasteiger partial charge on any atom is -0.489 e. The number of hydrogen-bond donors (Lipinski definition) is 1. The Balaban J connectivity index is 2.75. The summed E-state index contributed by atoms with van der Waals surface area (Å²) >= 11 is 0. The number of carboxylic acids is 1. The summed E-state index contributed by atoms with van der Waals surface area (Å²) < 4.78 is 10.4. The highest BCUT2D eigenvalue weighted by Gasteiger charge is 2.43. The van der Waals surface area contributed by atoms with E-state index in [0.29, 0.717) is 11.3 Å². The first-order valence-corrected chi connectivity index (χ1v) is 7.79. The van der Waals surface area contributed by atoms with Crippen LogP contribution in [0.5, 0.6) is 5.75 Å². The van der Waals surface area contributed by atoms with Crippen molar-refractivity contribution in [2.24, 2.45) is 10.9 Å². The Labute approximate surface area is 150 Å². The highest BCUT2D eigenvalue weighted by atomic mass is 16.5. The smallest absolute Gasteiger partial charge is 0.337 e. The average molecular weight is 354 g/mol. The largest absolute Gasteiger partial charge is 0.489 e. The van der Waals surface area contributed by atoms with Gasteiger partial charge in [0, 0.05) is 17.2 Å². The van der Waals surface area contributed by atoms with Crippen LogP contribution in [0.2, 0.25) is 0 Å². The first kappa shape index (κ1) is 18.9. The van der Waals surface area contributed by atoms with E-state index < -0.39 is 23.8 Å². The van der Waals surface area contributed by atoms with Crippen LogP contribution in [-0.2, 0) is 14.3 Å². The number of hydrogen-bond acceptors (Lipinski definition) is 6. The zero-order valence-corrected chi connectivity index (χ0v) is 14.4. The van der Waals surface area contributed by atoms with E-state index in [-0.39, 0.29) is 23.6 Å². The Hall–Kier alpha value is -3.40. The molecule has 0 radical (unpaired) electrons. The average Bonchev–Trinajstić information content (AvgIpc) is 2.64. The lowest BCUT2D eigenvalue weighted by Crippen LogP contribution is -2.35. The van der Waals surface area contributed by atoms with Crippen LogP contribution >= 0.6 is 0 Å². The van der Waals surface area contributed by atoms with Crippen molar-refractivity contribution >= 4 is 17.7 Å². The van der Waals surface area contributed by atoms with Crippen molar-refractivity contribution in [2.75, 3.05) is 13.7 Å². The molecular formula is C19H18N2O5. The molecule has 1 heterocycles. The number of nitriles is 1. The Morgan fingerprint density at radius 3 is 2.69 bits per heavy atom. The second-order valence-electron chi connectivity index (χ2n) is 5.55. The molecule has 7 heteroatoms. The zero-order valence-electron chi connectivity index (χ0n) is 14.4. The second-order valence-corrected chi connectivity index (χ2v) is 5.55.